The molecule has 3 aromatic heterocycles. The van der Waals surface area contributed by atoms with Gasteiger partial charge in [-0.05, 0) is 24.5 Å². The molecule has 40 heavy (non-hydrogen) atoms. The fraction of sp³-hybridized carbons (Fsp3) is 0.483. The molecule has 0 aliphatic rings. The fourth-order valence-corrected chi connectivity index (χ4v) is 5.34. The number of aromatic amines is 1. The molecule has 2 atom stereocenters. The number of imidazole rings is 1. The van der Waals surface area contributed by atoms with Crippen molar-refractivity contribution in [3.05, 3.63) is 63.2 Å². The van der Waals surface area contributed by atoms with Gasteiger partial charge in [0.2, 0.25) is 0 Å². The molecule has 11 heteroatoms. The van der Waals surface area contributed by atoms with Crippen molar-refractivity contribution < 1.29 is 14.7 Å². The minimum atomic E-state index is -1.06. The summed E-state index contributed by atoms with van der Waals surface area (Å²) >= 11 is 0. The molecule has 0 radical (unpaired) electrons. The Morgan fingerprint density at radius 1 is 1.07 bits per heavy atom. The summed E-state index contributed by atoms with van der Waals surface area (Å²) in [6.07, 6.45) is 11.2. The SMILES string of the molecule is Cn1cnc2c1c(=O)n([C@@H](CCCCCCCCCC=O)NC(Cc1c[nH]c3ccccc13)C(=O)O)c(=O)n2C. The van der Waals surface area contributed by atoms with E-state index in [0.717, 1.165) is 65.8 Å². The normalized spacial score (nSPS) is 13.2. The number of H-pyrrole nitrogens is 1. The number of aryl methyl sites for hydroxylation is 2. The molecule has 3 heterocycles. The predicted octanol–water partition coefficient (Wildman–Crippen LogP) is 3.41. The number of unbranched alkanes of at least 4 members (excludes halogenated alkanes) is 7. The first-order valence-corrected chi connectivity index (χ1v) is 13.9. The zero-order chi connectivity index (χ0) is 28.6. The van der Waals surface area contributed by atoms with Gasteiger partial charge in [0.15, 0.2) is 11.2 Å². The Kier molecular flexibility index (Phi) is 9.70. The maximum atomic E-state index is 13.6. The number of aliphatic carboxylic acids is 1. The average molecular weight is 551 g/mol. The van der Waals surface area contributed by atoms with E-state index in [0.29, 0.717) is 19.3 Å². The van der Waals surface area contributed by atoms with E-state index in [1.54, 1.807) is 24.9 Å². The van der Waals surface area contributed by atoms with Crippen LogP contribution in [-0.2, 0) is 30.1 Å². The van der Waals surface area contributed by atoms with Gasteiger partial charge in [0.1, 0.15) is 12.3 Å². The Bertz CT molecular complexity index is 1580. The lowest BCUT2D eigenvalue weighted by Crippen LogP contribution is -2.50. The number of nitrogens with one attached hydrogen (secondary N) is 2. The third kappa shape index (κ3) is 6.41. The Hall–Kier alpha value is -3.99. The van der Waals surface area contributed by atoms with Crippen molar-refractivity contribution in [2.75, 3.05) is 0 Å². The lowest BCUT2D eigenvalue weighted by Gasteiger charge is -2.25. The average Bonchev–Trinajstić information content (AvgIpc) is 3.53. The Morgan fingerprint density at radius 2 is 1.77 bits per heavy atom. The smallest absolute Gasteiger partial charge is 0.333 e. The number of carboxylic acids is 1. The van der Waals surface area contributed by atoms with Crippen LogP contribution in [0.3, 0.4) is 0 Å². The van der Waals surface area contributed by atoms with Gasteiger partial charge in [-0.1, -0.05) is 56.7 Å². The van der Waals surface area contributed by atoms with Crippen molar-refractivity contribution in [3.63, 3.8) is 0 Å². The first-order chi connectivity index (χ1) is 19.3. The van der Waals surface area contributed by atoms with Gasteiger partial charge in [0.05, 0.1) is 12.5 Å². The van der Waals surface area contributed by atoms with Crippen LogP contribution in [0.15, 0.2) is 46.4 Å². The van der Waals surface area contributed by atoms with Crippen LogP contribution in [0, 0.1) is 0 Å². The first-order valence-electron chi connectivity index (χ1n) is 13.9. The Morgan fingerprint density at radius 3 is 2.50 bits per heavy atom. The largest absolute Gasteiger partial charge is 0.480 e. The minimum absolute atomic E-state index is 0.180. The number of carbonyl (C=O) groups is 2. The van der Waals surface area contributed by atoms with E-state index >= 15 is 0 Å². The van der Waals surface area contributed by atoms with Crippen LogP contribution in [0.2, 0.25) is 0 Å². The standard InChI is InChI=1S/C29H38N6O5/c1-33-19-31-26-25(33)27(37)35(29(40)34(26)2)24(15-9-7-5-3-4-6-8-12-16-36)32-23(28(38)39)17-20-18-30-22-14-11-10-13-21(20)22/h10-11,13-14,16,18-19,23-24,30,32H,3-9,12,15,17H2,1-2H3,(H,38,39)/t23?,24-/m0/s1. The third-order valence-electron chi connectivity index (χ3n) is 7.55. The second-order valence-corrected chi connectivity index (χ2v) is 10.4. The highest BCUT2D eigenvalue weighted by Gasteiger charge is 2.27. The van der Waals surface area contributed by atoms with Crippen molar-refractivity contribution in [3.8, 4) is 0 Å². The van der Waals surface area contributed by atoms with E-state index in [2.05, 4.69) is 15.3 Å². The predicted molar refractivity (Wildman–Crippen MR) is 153 cm³/mol. The molecule has 0 spiro atoms. The number of aromatic nitrogens is 5. The summed E-state index contributed by atoms with van der Waals surface area (Å²) in [5.74, 6) is -1.06. The molecule has 214 valence electrons. The lowest BCUT2D eigenvalue weighted by atomic mass is 10.0. The van der Waals surface area contributed by atoms with Crippen molar-refractivity contribution in [2.24, 2.45) is 14.1 Å². The van der Waals surface area contributed by atoms with Crippen molar-refractivity contribution in [2.45, 2.75) is 76.4 Å². The number of hydrogen-bond acceptors (Lipinski definition) is 6. The molecule has 0 fully saturated rings. The quantitative estimate of drug-likeness (QED) is 0.143. The van der Waals surface area contributed by atoms with Gasteiger partial charge >= 0.3 is 11.7 Å². The fourth-order valence-electron chi connectivity index (χ4n) is 5.34. The van der Waals surface area contributed by atoms with Gasteiger partial charge in [0, 0.05) is 44.0 Å². The van der Waals surface area contributed by atoms with Crippen LogP contribution >= 0.6 is 0 Å². The monoisotopic (exact) mass is 550 g/mol. The van der Waals surface area contributed by atoms with Crippen LogP contribution < -0.4 is 16.6 Å². The number of hydrogen-bond donors (Lipinski definition) is 3. The third-order valence-corrected chi connectivity index (χ3v) is 7.55. The molecule has 0 saturated heterocycles. The van der Waals surface area contributed by atoms with Crippen LogP contribution in [0.4, 0.5) is 0 Å². The molecule has 1 unspecified atom stereocenters. The molecule has 3 N–H and O–H groups in total. The van der Waals surface area contributed by atoms with E-state index in [4.69, 9.17) is 0 Å². The van der Waals surface area contributed by atoms with Crippen molar-refractivity contribution in [1.82, 2.24) is 29.0 Å². The van der Waals surface area contributed by atoms with E-state index < -0.39 is 29.4 Å². The van der Waals surface area contributed by atoms with E-state index in [9.17, 15) is 24.3 Å². The Balaban J connectivity index is 1.58. The van der Waals surface area contributed by atoms with Crippen molar-refractivity contribution >= 4 is 34.3 Å². The second-order valence-electron chi connectivity index (χ2n) is 10.4. The number of fused-ring (bicyclic) bond motifs is 2. The summed E-state index contributed by atoms with van der Waals surface area (Å²) < 4.78 is 4.06. The number of rotatable bonds is 16. The number of nitrogens with zero attached hydrogens (tertiary/aromatic N) is 4. The second kappa shape index (κ2) is 13.4. The van der Waals surface area contributed by atoms with Gasteiger partial charge in [-0.2, -0.15) is 0 Å². The molecule has 0 saturated carbocycles. The number of aldehydes is 1. The maximum Gasteiger partial charge on any atom is 0.333 e. The maximum absolute atomic E-state index is 13.6. The highest BCUT2D eigenvalue weighted by Crippen LogP contribution is 2.21. The highest BCUT2D eigenvalue weighted by atomic mass is 16.4. The number of para-hydroxylation sites is 1. The molecule has 11 nitrogen and oxygen atoms in total. The van der Waals surface area contributed by atoms with Crippen LogP contribution in [0.5, 0.6) is 0 Å². The zero-order valence-electron chi connectivity index (χ0n) is 23.1. The van der Waals surface area contributed by atoms with Gasteiger partial charge < -0.3 is 19.5 Å². The van der Waals surface area contributed by atoms with E-state index in [1.807, 2.05) is 24.3 Å². The molecule has 0 aliphatic heterocycles. The molecular weight excluding hydrogens is 512 g/mol. The van der Waals surface area contributed by atoms with Gasteiger partial charge in [0.25, 0.3) is 5.56 Å². The molecule has 1 aromatic carbocycles. The molecule has 0 aliphatic carbocycles. The van der Waals surface area contributed by atoms with Crippen LogP contribution in [0.25, 0.3) is 22.1 Å². The summed E-state index contributed by atoms with van der Waals surface area (Å²) in [7, 11) is 3.26. The molecule has 4 aromatic rings. The summed E-state index contributed by atoms with van der Waals surface area (Å²) in [5.41, 5.74) is 1.28. The van der Waals surface area contributed by atoms with Crippen molar-refractivity contribution in [1.29, 1.82) is 0 Å². The number of carboxylic acid groups (broad SMARTS) is 1. The lowest BCUT2D eigenvalue weighted by molar-refractivity contribution is -0.140. The molecular formula is C29H38N6O5. The van der Waals surface area contributed by atoms with Gasteiger partial charge in [-0.15, -0.1) is 0 Å². The molecule has 0 bridgehead atoms. The van der Waals surface area contributed by atoms with E-state index in [1.165, 1.54) is 10.9 Å². The number of carbonyl (C=O) groups excluding carboxylic acids is 1. The summed E-state index contributed by atoms with van der Waals surface area (Å²) in [6.45, 7) is 0. The van der Waals surface area contributed by atoms with Gasteiger partial charge in [-0.3, -0.25) is 19.5 Å². The number of benzene rings is 1. The topological polar surface area (TPSA) is 144 Å². The minimum Gasteiger partial charge on any atom is -0.480 e. The van der Waals surface area contributed by atoms with Crippen LogP contribution in [-0.4, -0.2) is 47.1 Å². The summed E-state index contributed by atoms with van der Waals surface area (Å²) in [6, 6.07) is 6.65. The summed E-state index contributed by atoms with van der Waals surface area (Å²) in [4.78, 5) is 57.3. The molecule has 0 amide bonds. The van der Waals surface area contributed by atoms with Crippen LogP contribution in [0.1, 0.15) is 69.5 Å². The molecule has 4 rings (SSSR count). The zero-order valence-corrected chi connectivity index (χ0v) is 23.1. The van der Waals surface area contributed by atoms with E-state index in [-0.39, 0.29) is 17.6 Å². The first kappa shape index (κ1) is 29.0. The summed E-state index contributed by atoms with van der Waals surface area (Å²) in [5, 5.41) is 14.3. The highest BCUT2D eigenvalue weighted by molar-refractivity contribution is 5.84. The van der Waals surface area contributed by atoms with Gasteiger partial charge in [-0.25, -0.2) is 14.3 Å². The Labute approximate surface area is 231 Å².